The molecule has 0 unspecified atom stereocenters. The number of hydrogen-bond acceptors (Lipinski definition) is 5. The molecule has 4 rings (SSSR count). The van der Waals surface area contributed by atoms with Crippen LogP contribution in [0.15, 0.2) is 59.4 Å². The van der Waals surface area contributed by atoms with Crippen LogP contribution in [0.3, 0.4) is 0 Å². The number of benzene rings is 2. The van der Waals surface area contributed by atoms with Gasteiger partial charge >= 0.3 is 0 Å². The Kier molecular flexibility index (Phi) is 4.58. The Morgan fingerprint density at radius 3 is 2.70 bits per heavy atom. The molecule has 27 heavy (non-hydrogen) atoms. The smallest absolute Gasteiger partial charge is 0.267 e. The lowest BCUT2D eigenvalue weighted by atomic mass is 10.1. The van der Waals surface area contributed by atoms with E-state index in [1.54, 1.807) is 18.2 Å². The Balaban J connectivity index is 1.70. The Labute approximate surface area is 156 Å². The van der Waals surface area contributed by atoms with Crippen LogP contribution in [0.5, 0.6) is 11.5 Å². The number of rotatable bonds is 3. The molecule has 3 aromatic rings. The number of hydrogen-bond donors (Lipinski definition) is 0. The van der Waals surface area contributed by atoms with Crippen molar-refractivity contribution in [1.29, 1.82) is 5.26 Å². The number of aromatic nitrogens is 2. The standard InChI is InChI=1S/C21H17N3O3/c22-13-16-4-1-2-5-17(16)14-24-21(25)9-7-18(23-24)15-6-8-19-20(12-15)27-11-3-10-26-19/h1-2,4-9,12H,3,10-11,14H2. The number of fused-ring (bicyclic) bond motifs is 1. The molecule has 0 spiro atoms. The zero-order valence-corrected chi connectivity index (χ0v) is 14.6. The van der Waals surface area contributed by atoms with Gasteiger partial charge in [-0.2, -0.15) is 10.4 Å². The molecule has 1 aromatic heterocycles. The Hall–Kier alpha value is -3.59. The quantitative estimate of drug-likeness (QED) is 0.718. The van der Waals surface area contributed by atoms with Crippen molar-refractivity contribution in [2.24, 2.45) is 0 Å². The summed E-state index contributed by atoms with van der Waals surface area (Å²) in [5, 5.41) is 13.7. The van der Waals surface area contributed by atoms with E-state index in [2.05, 4.69) is 11.2 Å². The van der Waals surface area contributed by atoms with Crippen LogP contribution >= 0.6 is 0 Å². The average molecular weight is 359 g/mol. The maximum absolute atomic E-state index is 12.3. The van der Waals surface area contributed by atoms with Crippen molar-refractivity contribution >= 4 is 0 Å². The van der Waals surface area contributed by atoms with E-state index in [4.69, 9.17) is 9.47 Å². The minimum atomic E-state index is -0.221. The maximum atomic E-state index is 12.3. The molecular formula is C21H17N3O3. The van der Waals surface area contributed by atoms with Crippen molar-refractivity contribution < 1.29 is 9.47 Å². The minimum absolute atomic E-state index is 0.221. The van der Waals surface area contributed by atoms with Gasteiger partial charge in [0.25, 0.3) is 5.56 Å². The van der Waals surface area contributed by atoms with Crippen molar-refractivity contribution in [2.45, 2.75) is 13.0 Å². The van der Waals surface area contributed by atoms with Crippen LogP contribution in [0.2, 0.25) is 0 Å². The van der Waals surface area contributed by atoms with Gasteiger partial charge in [0.1, 0.15) is 0 Å². The molecule has 6 heteroatoms. The molecule has 0 aliphatic carbocycles. The predicted octanol–water partition coefficient (Wildman–Crippen LogP) is 2.99. The van der Waals surface area contributed by atoms with Gasteiger partial charge in [-0.1, -0.05) is 18.2 Å². The summed E-state index contributed by atoms with van der Waals surface area (Å²) in [6.07, 6.45) is 0.839. The van der Waals surface area contributed by atoms with Gasteiger partial charge < -0.3 is 9.47 Å². The monoisotopic (exact) mass is 359 g/mol. The molecule has 0 fully saturated rings. The lowest BCUT2D eigenvalue weighted by Crippen LogP contribution is -2.23. The molecule has 0 bridgehead atoms. The molecule has 134 valence electrons. The van der Waals surface area contributed by atoms with E-state index >= 15 is 0 Å². The molecule has 0 saturated heterocycles. The molecule has 1 aliphatic heterocycles. The first-order valence-electron chi connectivity index (χ1n) is 8.71. The van der Waals surface area contributed by atoms with Crippen molar-refractivity contribution in [3.05, 3.63) is 76.1 Å². The minimum Gasteiger partial charge on any atom is -0.490 e. The van der Waals surface area contributed by atoms with E-state index in [0.717, 1.165) is 17.5 Å². The number of ether oxygens (including phenoxy) is 2. The van der Waals surface area contributed by atoms with Gasteiger partial charge in [0.05, 0.1) is 37.1 Å². The summed E-state index contributed by atoms with van der Waals surface area (Å²) in [6, 6.07) is 18.2. The Bertz CT molecular complexity index is 1080. The highest BCUT2D eigenvalue weighted by atomic mass is 16.5. The molecule has 0 N–H and O–H groups in total. The first-order chi connectivity index (χ1) is 13.2. The van der Waals surface area contributed by atoms with Gasteiger partial charge in [0, 0.05) is 18.1 Å². The fraction of sp³-hybridized carbons (Fsp3) is 0.190. The molecule has 6 nitrogen and oxygen atoms in total. The van der Waals surface area contributed by atoms with Crippen LogP contribution in [0.25, 0.3) is 11.3 Å². The van der Waals surface area contributed by atoms with Crippen molar-refractivity contribution in [1.82, 2.24) is 9.78 Å². The molecule has 2 aromatic carbocycles. The second-order valence-electron chi connectivity index (χ2n) is 6.20. The van der Waals surface area contributed by atoms with E-state index in [1.807, 2.05) is 30.3 Å². The van der Waals surface area contributed by atoms with Crippen LogP contribution in [-0.2, 0) is 6.54 Å². The zero-order valence-electron chi connectivity index (χ0n) is 14.6. The van der Waals surface area contributed by atoms with E-state index in [9.17, 15) is 10.1 Å². The van der Waals surface area contributed by atoms with Gasteiger partial charge in [-0.3, -0.25) is 4.79 Å². The van der Waals surface area contributed by atoms with Crippen molar-refractivity contribution in [3.63, 3.8) is 0 Å². The van der Waals surface area contributed by atoms with Gasteiger partial charge in [0.15, 0.2) is 11.5 Å². The van der Waals surface area contributed by atoms with E-state index in [1.165, 1.54) is 10.7 Å². The van der Waals surface area contributed by atoms with Crippen LogP contribution in [0.4, 0.5) is 0 Å². The summed E-state index contributed by atoms with van der Waals surface area (Å²) in [5.41, 5.74) is 2.56. The summed E-state index contributed by atoms with van der Waals surface area (Å²) in [6.45, 7) is 1.48. The van der Waals surface area contributed by atoms with E-state index < -0.39 is 0 Å². The van der Waals surface area contributed by atoms with Crippen LogP contribution in [0.1, 0.15) is 17.5 Å². The third-order valence-corrected chi connectivity index (χ3v) is 4.37. The molecule has 0 radical (unpaired) electrons. The fourth-order valence-corrected chi connectivity index (χ4v) is 2.97. The van der Waals surface area contributed by atoms with Gasteiger partial charge in [-0.05, 0) is 35.9 Å². The highest BCUT2D eigenvalue weighted by molar-refractivity contribution is 5.63. The second-order valence-corrected chi connectivity index (χ2v) is 6.20. The Morgan fingerprint density at radius 1 is 1.04 bits per heavy atom. The van der Waals surface area contributed by atoms with Crippen molar-refractivity contribution in [3.8, 4) is 28.8 Å². The van der Waals surface area contributed by atoms with Crippen molar-refractivity contribution in [2.75, 3.05) is 13.2 Å². The molecule has 0 amide bonds. The topological polar surface area (TPSA) is 77.1 Å². The summed E-state index contributed by atoms with van der Waals surface area (Å²) in [7, 11) is 0. The lowest BCUT2D eigenvalue weighted by molar-refractivity contribution is 0.297. The summed E-state index contributed by atoms with van der Waals surface area (Å²) >= 11 is 0. The van der Waals surface area contributed by atoms with Crippen LogP contribution < -0.4 is 15.0 Å². The van der Waals surface area contributed by atoms with Gasteiger partial charge in [-0.25, -0.2) is 4.68 Å². The van der Waals surface area contributed by atoms with Crippen LogP contribution in [0, 0.1) is 11.3 Å². The molecule has 2 heterocycles. The fourth-order valence-electron chi connectivity index (χ4n) is 2.97. The van der Waals surface area contributed by atoms with Gasteiger partial charge in [-0.15, -0.1) is 0 Å². The maximum Gasteiger partial charge on any atom is 0.267 e. The molecular weight excluding hydrogens is 342 g/mol. The third-order valence-electron chi connectivity index (χ3n) is 4.37. The normalized spacial score (nSPS) is 12.9. The Morgan fingerprint density at radius 2 is 1.85 bits per heavy atom. The predicted molar refractivity (Wildman–Crippen MR) is 99.8 cm³/mol. The number of nitrogens with zero attached hydrogens (tertiary/aromatic N) is 3. The average Bonchev–Trinajstić information content (AvgIpc) is 2.95. The van der Waals surface area contributed by atoms with Gasteiger partial charge in [0.2, 0.25) is 0 Å². The number of nitriles is 1. The van der Waals surface area contributed by atoms with Crippen LogP contribution in [-0.4, -0.2) is 23.0 Å². The second kappa shape index (κ2) is 7.34. The SMILES string of the molecule is N#Cc1ccccc1Cn1nc(-c2ccc3c(c2)OCCCO3)ccc1=O. The largest absolute Gasteiger partial charge is 0.490 e. The first-order valence-corrected chi connectivity index (χ1v) is 8.71. The first kappa shape index (κ1) is 16.9. The molecule has 1 aliphatic rings. The summed E-state index contributed by atoms with van der Waals surface area (Å²) in [4.78, 5) is 12.3. The third kappa shape index (κ3) is 3.53. The molecule has 0 atom stereocenters. The highest BCUT2D eigenvalue weighted by Crippen LogP contribution is 2.33. The lowest BCUT2D eigenvalue weighted by Gasteiger charge is -2.11. The molecule has 0 saturated carbocycles. The highest BCUT2D eigenvalue weighted by Gasteiger charge is 2.13. The van der Waals surface area contributed by atoms with E-state index in [-0.39, 0.29) is 12.1 Å². The summed E-state index contributed by atoms with van der Waals surface area (Å²) in [5.74, 6) is 1.40. The zero-order chi connectivity index (χ0) is 18.6. The summed E-state index contributed by atoms with van der Waals surface area (Å²) < 4.78 is 12.8. The van der Waals surface area contributed by atoms with E-state index in [0.29, 0.717) is 36.0 Å².